The van der Waals surface area contributed by atoms with Crippen LogP contribution in [-0.2, 0) is 12.8 Å². The monoisotopic (exact) mass is 292 g/mol. The summed E-state index contributed by atoms with van der Waals surface area (Å²) < 4.78 is 2.23. The number of hydrogen-bond donors (Lipinski definition) is 1. The van der Waals surface area contributed by atoms with E-state index in [2.05, 4.69) is 33.5 Å². The van der Waals surface area contributed by atoms with E-state index in [4.69, 9.17) is 0 Å². The maximum Gasteiger partial charge on any atom is 0.134 e. The predicted molar refractivity (Wildman–Crippen MR) is 82.3 cm³/mol. The highest BCUT2D eigenvalue weighted by Gasteiger charge is 2.29. The number of rotatable bonds is 4. The Hall–Kier alpha value is -0.940. The zero-order chi connectivity index (χ0) is 14.8. The molecule has 2 atom stereocenters. The molecular formula is C16H28N4O. The first-order valence-electron chi connectivity index (χ1n) is 8.50. The summed E-state index contributed by atoms with van der Waals surface area (Å²) in [5.41, 5.74) is 0. The molecule has 0 saturated carbocycles. The number of hydrogen-bond acceptors (Lipinski definition) is 4. The summed E-state index contributed by atoms with van der Waals surface area (Å²) in [5.74, 6) is 2.16. The molecule has 2 aliphatic heterocycles. The summed E-state index contributed by atoms with van der Waals surface area (Å²) in [6, 6.07) is 1.36. The van der Waals surface area contributed by atoms with Gasteiger partial charge in [-0.15, -0.1) is 10.2 Å². The Labute approximate surface area is 127 Å². The first kappa shape index (κ1) is 15.0. The van der Waals surface area contributed by atoms with Gasteiger partial charge in [0.05, 0.1) is 12.6 Å². The van der Waals surface area contributed by atoms with Crippen LogP contribution in [0.15, 0.2) is 0 Å². The van der Waals surface area contributed by atoms with Crippen LogP contribution in [0.3, 0.4) is 0 Å². The Bertz CT molecular complexity index is 471. The lowest BCUT2D eigenvalue weighted by atomic mass is 9.97. The quantitative estimate of drug-likeness (QED) is 0.921. The van der Waals surface area contributed by atoms with Crippen LogP contribution in [0.4, 0.5) is 0 Å². The predicted octanol–water partition coefficient (Wildman–Crippen LogP) is 1.95. The van der Waals surface area contributed by atoms with Crippen molar-refractivity contribution in [3.8, 4) is 0 Å². The lowest BCUT2D eigenvalue weighted by Crippen LogP contribution is -2.45. The van der Waals surface area contributed by atoms with Gasteiger partial charge in [0.1, 0.15) is 11.6 Å². The molecule has 1 N–H and O–H groups in total. The fourth-order valence-corrected chi connectivity index (χ4v) is 4.02. The number of aromatic nitrogens is 3. The minimum absolute atomic E-state index is 0.190. The number of nitrogens with zero attached hydrogens (tertiary/aromatic N) is 4. The van der Waals surface area contributed by atoms with Gasteiger partial charge in [-0.05, 0) is 46.1 Å². The second-order valence-corrected chi connectivity index (χ2v) is 6.82. The molecule has 2 unspecified atom stereocenters. The highest BCUT2D eigenvalue weighted by Crippen LogP contribution is 2.28. The van der Waals surface area contributed by atoms with Crippen molar-refractivity contribution in [2.75, 3.05) is 13.2 Å². The topological polar surface area (TPSA) is 54.2 Å². The summed E-state index contributed by atoms with van der Waals surface area (Å²) in [5, 5.41) is 18.5. The molecule has 3 rings (SSSR count). The van der Waals surface area contributed by atoms with Gasteiger partial charge in [0, 0.05) is 24.9 Å². The Morgan fingerprint density at radius 1 is 1.14 bits per heavy atom. The van der Waals surface area contributed by atoms with Crippen LogP contribution in [-0.4, -0.2) is 50.0 Å². The van der Waals surface area contributed by atoms with E-state index < -0.39 is 0 Å². The third-order valence-electron chi connectivity index (χ3n) is 5.10. The van der Waals surface area contributed by atoms with Gasteiger partial charge in [0.2, 0.25) is 0 Å². The number of fused-ring (bicyclic) bond motifs is 1. The van der Waals surface area contributed by atoms with Crippen LogP contribution < -0.4 is 0 Å². The van der Waals surface area contributed by atoms with E-state index >= 15 is 0 Å². The van der Waals surface area contributed by atoms with Gasteiger partial charge in [-0.1, -0.05) is 6.42 Å². The third-order valence-corrected chi connectivity index (χ3v) is 5.10. The highest BCUT2D eigenvalue weighted by molar-refractivity contribution is 5.04. The zero-order valence-corrected chi connectivity index (χ0v) is 13.3. The van der Waals surface area contributed by atoms with Gasteiger partial charge in [-0.2, -0.15) is 0 Å². The molecule has 118 valence electrons. The van der Waals surface area contributed by atoms with Crippen LogP contribution in [0.25, 0.3) is 0 Å². The van der Waals surface area contributed by atoms with Crippen LogP contribution in [0, 0.1) is 0 Å². The molecule has 0 spiro atoms. The number of aryl methyl sites for hydroxylation is 1. The van der Waals surface area contributed by atoms with Gasteiger partial charge in [-0.25, -0.2) is 0 Å². The van der Waals surface area contributed by atoms with Gasteiger partial charge < -0.3 is 9.67 Å². The number of aliphatic hydroxyl groups excluding tert-OH is 1. The molecule has 21 heavy (non-hydrogen) atoms. The van der Waals surface area contributed by atoms with E-state index in [9.17, 15) is 5.11 Å². The zero-order valence-electron chi connectivity index (χ0n) is 13.3. The van der Waals surface area contributed by atoms with Crippen molar-refractivity contribution < 1.29 is 5.11 Å². The maximum atomic E-state index is 9.64. The second-order valence-electron chi connectivity index (χ2n) is 6.82. The molecule has 1 fully saturated rings. The Kier molecular flexibility index (Phi) is 4.60. The second kappa shape index (κ2) is 6.44. The lowest BCUT2D eigenvalue weighted by Gasteiger charge is -2.38. The molecule has 0 aromatic carbocycles. The van der Waals surface area contributed by atoms with Gasteiger partial charge in [0.15, 0.2) is 0 Å². The van der Waals surface area contributed by atoms with Crippen LogP contribution in [0.1, 0.15) is 63.6 Å². The molecule has 0 aliphatic carbocycles. The summed E-state index contributed by atoms with van der Waals surface area (Å²) in [7, 11) is 0. The molecule has 1 saturated heterocycles. The average Bonchev–Trinajstić information content (AvgIpc) is 2.91. The fraction of sp³-hybridized carbons (Fsp3) is 0.875. The fourth-order valence-electron chi connectivity index (χ4n) is 4.02. The highest BCUT2D eigenvalue weighted by atomic mass is 16.3. The summed E-state index contributed by atoms with van der Waals surface area (Å²) in [6.45, 7) is 5.98. The summed E-state index contributed by atoms with van der Waals surface area (Å²) >= 11 is 0. The minimum atomic E-state index is 0.190. The van der Waals surface area contributed by atoms with E-state index in [-0.39, 0.29) is 12.6 Å². The van der Waals surface area contributed by atoms with E-state index in [1.165, 1.54) is 25.8 Å². The molecule has 1 aromatic rings. The third kappa shape index (κ3) is 2.99. The standard InChI is InChI=1S/C16H28N4O/c1-12(2)19-9-4-3-6-13(19)10-16-18-17-15-8-5-7-14(11-21)20(15)16/h12-14,21H,3-11H2,1-2H3. The molecule has 0 bridgehead atoms. The number of piperidine rings is 1. The van der Waals surface area contributed by atoms with Crippen molar-refractivity contribution in [2.45, 2.75) is 76.9 Å². The van der Waals surface area contributed by atoms with Gasteiger partial charge in [0.25, 0.3) is 0 Å². The van der Waals surface area contributed by atoms with E-state index in [1.807, 2.05) is 0 Å². The van der Waals surface area contributed by atoms with Crippen molar-refractivity contribution >= 4 is 0 Å². The maximum absolute atomic E-state index is 9.64. The molecule has 2 aliphatic rings. The molecule has 0 amide bonds. The number of likely N-dealkylation sites (tertiary alicyclic amines) is 1. The summed E-state index contributed by atoms with van der Waals surface area (Å²) in [4.78, 5) is 2.61. The van der Waals surface area contributed by atoms with Gasteiger partial charge >= 0.3 is 0 Å². The minimum Gasteiger partial charge on any atom is -0.394 e. The first-order chi connectivity index (χ1) is 10.2. The van der Waals surface area contributed by atoms with E-state index in [0.717, 1.165) is 37.3 Å². The van der Waals surface area contributed by atoms with Crippen LogP contribution >= 0.6 is 0 Å². The number of aliphatic hydroxyl groups is 1. The smallest absolute Gasteiger partial charge is 0.134 e. The van der Waals surface area contributed by atoms with E-state index in [1.54, 1.807) is 0 Å². The molecule has 3 heterocycles. The first-order valence-corrected chi connectivity index (χ1v) is 8.50. The molecule has 1 aromatic heterocycles. The van der Waals surface area contributed by atoms with Crippen LogP contribution in [0.5, 0.6) is 0 Å². The lowest BCUT2D eigenvalue weighted by molar-refractivity contribution is 0.108. The molecular weight excluding hydrogens is 264 g/mol. The van der Waals surface area contributed by atoms with Crippen molar-refractivity contribution in [3.05, 3.63) is 11.6 Å². The van der Waals surface area contributed by atoms with Crippen molar-refractivity contribution in [1.29, 1.82) is 0 Å². The van der Waals surface area contributed by atoms with E-state index in [0.29, 0.717) is 12.1 Å². The largest absolute Gasteiger partial charge is 0.394 e. The Balaban J connectivity index is 1.80. The molecule has 5 nitrogen and oxygen atoms in total. The van der Waals surface area contributed by atoms with Gasteiger partial charge in [-0.3, -0.25) is 4.90 Å². The van der Waals surface area contributed by atoms with Crippen LogP contribution in [0.2, 0.25) is 0 Å². The summed E-state index contributed by atoms with van der Waals surface area (Å²) in [6.07, 6.45) is 8.02. The van der Waals surface area contributed by atoms with Crippen molar-refractivity contribution in [2.24, 2.45) is 0 Å². The van der Waals surface area contributed by atoms with Crippen molar-refractivity contribution in [3.63, 3.8) is 0 Å². The normalized spacial score (nSPS) is 27.0. The Morgan fingerprint density at radius 2 is 1.95 bits per heavy atom. The molecule has 5 heteroatoms. The van der Waals surface area contributed by atoms with Crippen molar-refractivity contribution in [1.82, 2.24) is 19.7 Å². The molecule has 0 radical (unpaired) electrons. The Morgan fingerprint density at radius 3 is 2.71 bits per heavy atom. The SMILES string of the molecule is CC(C)N1CCCCC1Cc1nnc2n1C(CO)CCC2. The average molecular weight is 292 g/mol.